The van der Waals surface area contributed by atoms with E-state index in [1.807, 2.05) is 36.4 Å². The first-order chi connectivity index (χ1) is 16.1. The van der Waals surface area contributed by atoms with Gasteiger partial charge in [-0.25, -0.2) is 4.39 Å². The quantitative estimate of drug-likeness (QED) is 0.389. The van der Waals surface area contributed by atoms with Gasteiger partial charge in [-0.2, -0.15) is 0 Å². The molecule has 0 spiro atoms. The van der Waals surface area contributed by atoms with Crippen LogP contribution in [0, 0.1) is 5.82 Å². The van der Waals surface area contributed by atoms with Crippen molar-refractivity contribution in [3.05, 3.63) is 113 Å². The number of Topliss-reactive ketones (excluding diaryl/α,β-unsaturated/α-hetero) is 1. The fourth-order valence-corrected chi connectivity index (χ4v) is 4.50. The third kappa shape index (κ3) is 3.98. The van der Waals surface area contributed by atoms with E-state index >= 15 is 0 Å². The summed E-state index contributed by atoms with van der Waals surface area (Å²) in [5, 5.41) is 3.39. The van der Waals surface area contributed by atoms with Gasteiger partial charge in [-0.05, 0) is 41.8 Å². The molecule has 0 amide bonds. The lowest BCUT2D eigenvalue weighted by Gasteiger charge is -2.20. The summed E-state index contributed by atoms with van der Waals surface area (Å²) in [7, 11) is 0. The summed E-state index contributed by atoms with van der Waals surface area (Å²) in [6.45, 7) is 1.46. The van der Waals surface area contributed by atoms with Crippen LogP contribution in [0.1, 0.15) is 38.3 Å². The zero-order chi connectivity index (χ0) is 22.8. The molecule has 4 nitrogen and oxygen atoms in total. The van der Waals surface area contributed by atoms with E-state index in [1.165, 1.54) is 12.1 Å². The zero-order valence-electron chi connectivity index (χ0n) is 18.1. The molecule has 0 unspecified atom stereocenters. The predicted molar refractivity (Wildman–Crippen MR) is 127 cm³/mol. The van der Waals surface area contributed by atoms with Crippen LogP contribution in [0.25, 0.3) is 11.3 Å². The van der Waals surface area contributed by atoms with E-state index in [2.05, 4.69) is 9.88 Å². The molecule has 2 heterocycles. The topological polar surface area (TPSA) is 51.1 Å². The zero-order valence-corrected chi connectivity index (χ0v) is 18.1. The van der Waals surface area contributed by atoms with Crippen molar-refractivity contribution in [2.24, 2.45) is 0 Å². The number of carbonyl (C=O) groups excluding carboxylic acids is 2. The van der Waals surface area contributed by atoms with Crippen molar-refractivity contribution in [3.63, 3.8) is 0 Å². The van der Waals surface area contributed by atoms with Crippen molar-refractivity contribution in [2.45, 2.75) is 19.4 Å². The molecular formula is C28H23FN2O2. The molecule has 1 N–H and O–H groups in total. The standard InChI is InChI=1S/C28H23FN2O2/c29-22-14-12-20(13-15-22)26-23(18-24(32)19-8-3-1-4-9-19)25(28-30-16-7-17-31(26)28)27(33)21-10-5-2-6-11-21/h1-6,8-15,30H,7,16-18H2. The summed E-state index contributed by atoms with van der Waals surface area (Å²) in [6, 6.07) is 24.4. The van der Waals surface area contributed by atoms with Crippen LogP contribution >= 0.6 is 0 Å². The molecule has 0 fully saturated rings. The Kier molecular flexibility index (Phi) is 5.61. The van der Waals surface area contributed by atoms with Crippen LogP contribution in [-0.4, -0.2) is 22.7 Å². The highest BCUT2D eigenvalue weighted by molar-refractivity contribution is 6.15. The van der Waals surface area contributed by atoms with Gasteiger partial charge in [0.2, 0.25) is 0 Å². The molecule has 0 saturated carbocycles. The number of hydrogen-bond acceptors (Lipinski definition) is 3. The van der Waals surface area contributed by atoms with Crippen molar-refractivity contribution in [3.8, 4) is 11.3 Å². The third-order valence-electron chi connectivity index (χ3n) is 6.03. The van der Waals surface area contributed by atoms with Crippen LogP contribution in [0.15, 0.2) is 84.9 Å². The minimum Gasteiger partial charge on any atom is -0.371 e. The Balaban J connectivity index is 1.72. The Morgan fingerprint density at radius 3 is 2.15 bits per heavy atom. The predicted octanol–water partition coefficient (Wildman–Crippen LogP) is 5.77. The second-order valence-electron chi connectivity index (χ2n) is 8.15. The van der Waals surface area contributed by atoms with Gasteiger partial charge in [0.25, 0.3) is 0 Å². The fourth-order valence-electron chi connectivity index (χ4n) is 4.50. The number of halogens is 1. The van der Waals surface area contributed by atoms with Gasteiger partial charge >= 0.3 is 0 Å². The van der Waals surface area contributed by atoms with Gasteiger partial charge < -0.3 is 9.88 Å². The lowest BCUT2D eigenvalue weighted by molar-refractivity contribution is 0.0993. The Bertz CT molecular complexity index is 1310. The molecule has 3 aromatic carbocycles. The SMILES string of the molecule is O=C(Cc1c(C(=O)c2ccccc2)c2n(c1-c1ccc(F)cc1)CCCN2)c1ccccc1. The number of aromatic nitrogens is 1. The highest BCUT2D eigenvalue weighted by Crippen LogP contribution is 2.39. The number of benzene rings is 3. The molecule has 0 atom stereocenters. The smallest absolute Gasteiger partial charge is 0.197 e. The lowest BCUT2D eigenvalue weighted by Crippen LogP contribution is -2.19. The molecule has 5 rings (SSSR count). The third-order valence-corrected chi connectivity index (χ3v) is 6.03. The lowest BCUT2D eigenvalue weighted by atomic mass is 9.93. The molecule has 0 radical (unpaired) electrons. The fraction of sp³-hybridized carbons (Fsp3) is 0.143. The Labute approximate surface area is 191 Å². The maximum absolute atomic E-state index is 13.7. The number of nitrogens with one attached hydrogen (secondary N) is 1. The summed E-state index contributed by atoms with van der Waals surface area (Å²) in [6.07, 6.45) is 0.965. The molecule has 1 aromatic heterocycles. The number of carbonyl (C=O) groups is 2. The molecule has 4 aromatic rings. The Morgan fingerprint density at radius 2 is 1.48 bits per heavy atom. The van der Waals surface area contributed by atoms with E-state index < -0.39 is 0 Å². The van der Waals surface area contributed by atoms with Gasteiger partial charge in [-0.1, -0.05) is 60.7 Å². The molecule has 5 heteroatoms. The first-order valence-electron chi connectivity index (χ1n) is 11.1. The first kappa shape index (κ1) is 20.9. The van der Waals surface area contributed by atoms with Crippen LogP contribution in [0.5, 0.6) is 0 Å². The average molecular weight is 439 g/mol. The van der Waals surface area contributed by atoms with Crippen LogP contribution < -0.4 is 5.32 Å². The molecule has 164 valence electrons. The molecule has 0 aliphatic carbocycles. The number of nitrogens with zero attached hydrogens (tertiary/aromatic N) is 1. The van der Waals surface area contributed by atoms with Gasteiger partial charge in [0, 0.05) is 30.6 Å². The minimum atomic E-state index is -0.329. The molecule has 1 aliphatic heterocycles. The van der Waals surface area contributed by atoms with Crippen molar-refractivity contribution in [1.29, 1.82) is 0 Å². The molecule has 1 aliphatic rings. The van der Waals surface area contributed by atoms with Crippen LogP contribution in [0.4, 0.5) is 10.2 Å². The number of rotatable bonds is 6. The summed E-state index contributed by atoms with van der Waals surface area (Å²) in [5.74, 6) is 0.206. The van der Waals surface area contributed by atoms with Gasteiger partial charge in [0.05, 0.1) is 11.3 Å². The van der Waals surface area contributed by atoms with Gasteiger partial charge in [-0.3, -0.25) is 9.59 Å². The number of hydrogen-bond donors (Lipinski definition) is 1. The average Bonchev–Trinajstić information content (AvgIpc) is 3.18. The Morgan fingerprint density at radius 1 is 0.848 bits per heavy atom. The Hall–Kier alpha value is -3.99. The maximum Gasteiger partial charge on any atom is 0.197 e. The first-order valence-corrected chi connectivity index (χ1v) is 11.1. The van der Waals surface area contributed by atoms with E-state index in [0.29, 0.717) is 28.8 Å². The highest BCUT2D eigenvalue weighted by Gasteiger charge is 2.31. The molecule has 0 bridgehead atoms. The monoisotopic (exact) mass is 438 g/mol. The summed E-state index contributed by atoms with van der Waals surface area (Å²) < 4.78 is 15.8. The summed E-state index contributed by atoms with van der Waals surface area (Å²) >= 11 is 0. The molecule has 0 saturated heterocycles. The van der Waals surface area contributed by atoms with Crippen molar-refractivity contribution >= 4 is 17.4 Å². The normalized spacial score (nSPS) is 12.6. The van der Waals surface area contributed by atoms with E-state index in [4.69, 9.17) is 0 Å². The van der Waals surface area contributed by atoms with E-state index in [9.17, 15) is 14.0 Å². The molecule has 33 heavy (non-hydrogen) atoms. The molecular weight excluding hydrogens is 415 g/mol. The van der Waals surface area contributed by atoms with E-state index in [1.54, 1.807) is 36.4 Å². The minimum absolute atomic E-state index is 0.0657. The maximum atomic E-state index is 13.7. The second kappa shape index (κ2) is 8.87. The van der Waals surface area contributed by atoms with E-state index in [0.717, 1.165) is 30.0 Å². The van der Waals surface area contributed by atoms with Crippen LogP contribution in [0.2, 0.25) is 0 Å². The largest absolute Gasteiger partial charge is 0.371 e. The van der Waals surface area contributed by atoms with E-state index in [-0.39, 0.29) is 23.8 Å². The number of fused-ring (bicyclic) bond motifs is 1. The van der Waals surface area contributed by atoms with Crippen LogP contribution in [-0.2, 0) is 13.0 Å². The van der Waals surface area contributed by atoms with Gasteiger partial charge in [0.1, 0.15) is 11.6 Å². The van der Waals surface area contributed by atoms with Crippen molar-refractivity contribution in [2.75, 3.05) is 11.9 Å². The number of ketones is 2. The van der Waals surface area contributed by atoms with Gasteiger partial charge in [0.15, 0.2) is 11.6 Å². The second-order valence-corrected chi connectivity index (χ2v) is 8.15. The van der Waals surface area contributed by atoms with Gasteiger partial charge in [-0.15, -0.1) is 0 Å². The number of anilines is 1. The highest BCUT2D eigenvalue weighted by atomic mass is 19.1. The van der Waals surface area contributed by atoms with Crippen LogP contribution in [0.3, 0.4) is 0 Å². The van der Waals surface area contributed by atoms with Crippen molar-refractivity contribution < 1.29 is 14.0 Å². The van der Waals surface area contributed by atoms with Crippen molar-refractivity contribution in [1.82, 2.24) is 4.57 Å². The summed E-state index contributed by atoms with van der Waals surface area (Å²) in [4.78, 5) is 27.0. The summed E-state index contributed by atoms with van der Waals surface area (Å²) in [5.41, 5.74) is 3.93.